The van der Waals surface area contributed by atoms with Crippen molar-refractivity contribution in [3.8, 4) is 5.75 Å². The number of ether oxygens (including phenoxy) is 1. The van der Waals surface area contributed by atoms with E-state index in [2.05, 4.69) is 12.2 Å². The molecule has 1 rings (SSSR count). The molecule has 0 radical (unpaired) electrons. The van der Waals surface area contributed by atoms with Crippen LogP contribution in [0.5, 0.6) is 5.75 Å². The Bertz CT molecular complexity index is 435. The van der Waals surface area contributed by atoms with Gasteiger partial charge in [0, 0.05) is 12.1 Å². The molecule has 0 fully saturated rings. The molecule has 118 valence electrons. The highest BCUT2D eigenvalue weighted by Crippen LogP contribution is 2.16. The lowest BCUT2D eigenvalue weighted by Gasteiger charge is -2.24. The lowest BCUT2D eigenvalue weighted by molar-refractivity contribution is -0.126. The van der Waals surface area contributed by atoms with Gasteiger partial charge < -0.3 is 15.8 Å². The number of nitrogens with one attached hydrogen (secondary N) is 1. The zero-order chi connectivity index (χ0) is 15.9. The van der Waals surface area contributed by atoms with Gasteiger partial charge in [-0.25, -0.2) is 0 Å². The van der Waals surface area contributed by atoms with E-state index in [9.17, 15) is 4.79 Å². The number of nitrogens with two attached hydrogens (primary N) is 1. The van der Waals surface area contributed by atoms with Crippen molar-refractivity contribution in [2.45, 2.75) is 46.1 Å². The third-order valence-electron chi connectivity index (χ3n) is 3.03. The largest absolute Gasteiger partial charge is 0.494 e. The maximum absolute atomic E-state index is 12.2. The molecule has 0 aliphatic rings. The van der Waals surface area contributed by atoms with Crippen LogP contribution >= 0.6 is 0 Å². The van der Waals surface area contributed by atoms with Crippen LogP contribution in [0.4, 0.5) is 0 Å². The van der Waals surface area contributed by atoms with E-state index in [0.717, 1.165) is 24.3 Å². The summed E-state index contributed by atoms with van der Waals surface area (Å²) in [4.78, 5) is 12.2. The summed E-state index contributed by atoms with van der Waals surface area (Å²) in [6.07, 6.45) is 1.64. The monoisotopic (exact) mass is 292 g/mol. The lowest BCUT2D eigenvalue weighted by atomic mass is 9.97. The second-order valence-electron chi connectivity index (χ2n) is 6.37. The van der Waals surface area contributed by atoms with Crippen molar-refractivity contribution in [3.05, 3.63) is 29.8 Å². The van der Waals surface area contributed by atoms with Gasteiger partial charge >= 0.3 is 0 Å². The first-order valence-corrected chi connectivity index (χ1v) is 7.59. The molecule has 0 spiro atoms. The molecule has 0 saturated carbocycles. The van der Waals surface area contributed by atoms with Crippen molar-refractivity contribution in [2.75, 3.05) is 13.2 Å². The van der Waals surface area contributed by atoms with Crippen molar-refractivity contribution < 1.29 is 9.53 Å². The molecule has 1 aromatic carbocycles. The van der Waals surface area contributed by atoms with E-state index in [1.165, 1.54) is 0 Å². The number of rotatable bonds is 7. The molecule has 1 atom stereocenters. The van der Waals surface area contributed by atoms with Crippen LogP contribution in [-0.2, 0) is 11.2 Å². The Hall–Kier alpha value is -1.55. The van der Waals surface area contributed by atoms with Gasteiger partial charge in [0.2, 0.25) is 5.91 Å². The summed E-state index contributed by atoms with van der Waals surface area (Å²) in [5, 5.41) is 2.99. The van der Waals surface area contributed by atoms with Crippen LogP contribution in [0.15, 0.2) is 24.3 Å². The molecule has 0 aliphatic heterocycles. The fourth-order valence-electron chi connectivity index (χ4n) is 1.98. The van der Waals surface area contributed by atoms with E-state index in [1.807, 2.05) is 45.0 Å². The molecular formula is C17H28N2O2. The average molecular weight is 292 g/mol. The van der Waals surface area contributed by atoms with Crippen molar-refractivity contribution in [2.24, 2.45) is 11.7 Å². The Morgan fingerprint density at radius 1 is 1.29 bits per heavy atom. The number of amides is 1. The van der Waals surface area contributed by atoms with Gasteiger partial charge in [0.25, 0.3) is 0 Å². The molecule has 4 heteroatoms. The highest BCUT2D eigenvalue weighted by Gasteiger charge is 2.21. The van der Waals surface area contributed by atoms with Crippen LogP contribution in [0.25, 0.3) is 0 Å². The Balaban J connectivity index is 2.62. The molecule has 0 aliphatic carbocycles. The first kappa shape index (κ1) is 17.5. The molecule has 0 bridgehead atoms. The third kappa shape index (κ3) is 6.63. The smallest absolute Gasteiger partial charge is 0.225 e. The number of carbonyl (C=O) groups excluding carboxylic acids is 1. The number of hydrogen-bond acceptors (Lipinski definition) is 3. The predicted molar refractivity (Wildman–Crippen MR) is 86.4 cm³/mol. The Morgan fingerprint density at radius 3 is 2.38 bits per heavy atom. The van der Waals surface area contributed by atoms with E-state index >= 15 is 0 Å². The van der Waals surface area contributed by atoms with Crippen LogP contribution in [0.1, 0.15) is 39.7 Å². The standard InChI is InChI=1S/C17H28N2O2/c1-5-10-21-15-8-6-13(7-9-15)11-14(12-18)16(20)19-17(2,3)4/h6-9,14H,5,10-12,18H2,1-4H3,(H,19,20). The molecule has 1 amide bonds. The minimum Gasteiger partial charge on any atom is -0.494 e. The summed E-state index contributed by atoms with van der Waals surface area (Å²) in [5.74, 6) is 0.673. The Kier molecular flexibility index (Phi) is 6.69. The zero-order valence-electron chi connectivity index (χ0n) is 13.6. The van der Waals surface area contributed by atoms with Crippen LogP contribution < -0.4 is 15.8 Å². The van der Waals surface area contributed by atoms with Gasteiger partial charge in [0.15, 0.2) is 0 Å². The summed E-state index contributed by atoms with van der Waals surface area (Å²) in [5.41, 5.74) is 6.61. The molecule has 1 aromatic rings. The first-order chi connectivity index (χ1) is 9.85. The van der Waals surface area contributed by atoms with Crippen LogP contribution in [0, 0.1) is 5.92 Å². The second kappa shape index (κ2) is 8.03. The van der Waals surface area contributed by atoms with E-state index in [4.69, 9.17) is 10.5 Å². The SMILES string of the molecule is CCCOc1ccc(CC(CN)C(=O)NC(C)(C)C)cc1. The van der Waals surface area contributed by atoms with Gasteiger partial charge in [-0.2, -0.15) is 0 Å². The van der Waals surface area contributed by atoms with E-state index in [0.29, 0.717) is 13.0 Å². The maximum Gasteiger partial charge on any atom is 0.225 e. The number of hydrogen-bond donors (Lipinski definition) is 2. The Morgan fingerprint density at radius 2 is 1.90 bits per heavy atom. The summed E-state index contributed by atoms with van der Waals surface area (Å²) in [6.45, 7) is 9.05. The molecule has 0 aromatic heterocycles. The normalized spacial score (nSPS) is 12.8. The minimum absolute atomic E-state index is 0.0105. The third-order valence-corrected chi connectivity index (χ3v) is 3.03. The molecule has 4 nitrogen and oxygen atoms in total. The summed E-state index contributed by atoms with van der Waals surface area (Å²) in [7, 11) is 0. The van der Waals surface area contributed by atoms with Gasteiger partial charge in [-0.1, -0.05) is 19.1 Å². The minimum atomic E-state index is -0.234. The van der Waals surface area contributed by atoms with Gasteiger partial charge in [-0.3, -0.25) is 4.79 Å². The van der Waals surface area contributed by atoms with Gasteiger partial charge in [0.1, 0.15) is 5.75 Å². The Labute approximate surface area is 128 Å². The van der Waals surface area contributed by atoms with Crippen molar-refractivity contribution >= 4 is 5.91 Å². The molecule has 1 unspecified atom stereocenters. The van der Waals surface area contributed by atoms with Crippen molar-refractivity contribution in [3.63, 3.8) is 0 Å². The van der Waals surface area contributed by atoms with Gasteiger partial charge in [0.05, 0.1) is 12.5 Å². The summed E-state index contributed by atoms with van der Waals surface area (Å²) < 4.78 is 5.55. The van der Waals surface area contributed by atoms with Crippen LogP contribution in [0.2, 0.25) is 0 Å². The van der Waals surface area contributed by atoms with Crippen LogP contribution in [-0.4, -0.2) is 24.6 Å². The fraction of sp³-hybridized carbons (Fsp3) is 0.588. The topological polar surface area (TPSA) is 64.3 Å². The molecular weight excluding hydrogens is 264 g/mol. The maximum atomic E-state index is 12.2. The predicted octanol–water partition coefficient (Wildman–Crippen LogP) is 2.51. The highest BCUT2D eigenvalue weighted by molar-refractivity contribution is 5.79. The van der Waals surface area contributed by atoms with E-state index in [-0.39, 0.29) is 17.4 Å². The van der Waals surface area contributed by atoms with Crippen LogP contribution in [0.3, 0.4) is 0 Å². The molecule has 3 N–H and O–H groups in total. The number of benzene rings is 1. The molecule has 21 heavy (non-hydrogen) atoms. The second-order valence-corrected chi connectivity index (χ2v) is 6.37. The quantitative estimate of drug-likeness (QED) is 0.811. The van der Waals surface area contributed by atoms with E-state index in [1.54, 1.807) is 0 Å². The highest BCUT2D eigenvalue weighted by atomic mass is 16.5. The van der Waals surface area contributed by atoms with Crippen molar-refractivity contribution in [1.29, 1.82) is 0 Å². The number of carbonyl (C=O) groups is 1. The molecule has 0 heterocycles. The van der Waals surface area contributed by atoms with E-state index < -0.39 is 0 Å². The fourth-order valence-corrected chi connectivity index (χ4v) is 1.98. The van der Waals surface area contributed by atoms with Gasteiger partial charge in [-0.15, -0.1) is 0 Å². The summed E-state index contributed by atoms with van der Waals surface area (Å²) >= 11 is 0. The average Bonchev–Trinajstić information content (AvgIpc) is 2.41. The zero-order valence-corrected chi connectivity index (χ0v) is 13.6. The van der Waals surface area contributed by atoms with Gasteiger partial charge in [-0.05, 0) is 51.3 Å². The summed E-state index contributed by atoms with van der Waals surface area (Å²) in [6, 6.07) is 7.89. The first-order valence-electron chi connectivity index (χ1n) is 7.59. The van der Waals surface area contributed by atoms with Crippen molar-refractivity contribution in [1.82, 2.24) is 5.32 Å². The lowest BCUT2D eigenvalue weighted by Crippen LogP contribution is -2.46. The molecule has 0 saturated heterocycles.